The molecular weight excluding hydrogens is 208 g/mol. The molecule has 2 heteroatoms. The molecule has 0 spiro atoms. The van der Waals surface area contributed by atoms with Gasteiger partial charge in [-0.2, -0.15) is 0 Å². The monoisotopic (exact) mass is 234 g/mol. The van der Waals surface area contributed by atoms with Gasteiger partial charge in [-0.1, -0.05) is 36.8 Å². The van der Waals surface area contributed by atoms with Crippen molar-refractivity contribution in [1.29, 1.82) is 0 Å². The minimum atomic E-state index is 0.155. The van der Waals surface area contributed by atoms with Crippen LogP contribution in [0.1, 0.15) is 44.4 Å². The number of nitrogens with two attached hydrogens (primary N) is 1. The lowest BCUT2D eigenvalue weighted by molar-refractivity contribution is 0.225. The highest BCUT2D eigenvalue weighted by Gasteiger charge is 2.11. The summed E-state index contributed by atoms with van der Waals surface area (Å²) in [5.41, 5.74) is 8.78. The Labute approximate surface area is 106 Å². The Kier molecular flexibility index (Phi) is 5.66. The second-order valence-electron chi connectivity index (χ2n) is 5.03. The van der Waals surface area contributed by atoms with E-state index in [0.29, 0.717) is 6.04 Å². The molecule has 2 nitrogen and oxygen atoms in total. The van der Waals surface area contributed by atoms with Gasteiger partial charge in [0.1, 0.15) is 0 Å². The van der Waals surface area contributed by atoms with Crippen LogP contribution in [0.15, 0.2) is 24.3 Å². The molecule has 0 aliphatic rings. The first-order chi connectivity index (χ1) is 8.04. The highest BCUT2D eigenvalue weighted by Crippen LogP contribution is 2.16. The maximum Gasteiger partial charge on any atom is 0.0307 e. The van der Waals surface area contributed by atoms with Gasteiger partial charge in [-0.3, -0.25) is 0 Å². The van der Waals surface area contributed by atoms with E-state index in [2.05, 4.69) is 56.9 Å². The van der Waals surface area contributed by atoms with E-state index in [1.54, 1.807) is 0 Å². The molecule has 0 bridgehead atoms. The molecule has 1 atom stereocenters. The van der Waals surface area contributed by atoms with E-state index in [4.69, 9.17) is 5.73 Å². The predicted octanol–water partition coefficient (Wildman–Crippen LogP) is 3.12. The first-order valence-corrected chi connectivity index (χ1v) is 6.60. The van der Waals surface area contributed by atoms with Gasteiger partial charge >= 0.3 is 0 Å². The SMILES string of the molecule is CCN(CCC(N)c1cccc(C)c1)C(C)C. The topological polar surface area (TPSA) is 29.3 Å². The van der Waals surface area contributed by atoms with Gasteiger partial charge in [0, 0.05) is 18.6 Å². The molecule has 0 radical (unpaired) electrons. The molecule has 0 saturated heterocycles. The molecule has 96 valence electrons. The third-order valence-corrected chi connectivity index (χ3v) is 3.33. The standard InChI is InChI=1S/C15H26N2/c1-5-17(12(2)3)10-9-15(16)14-8-6-7-13(4)11-14/h6-8,11-12,15H,5,9-10,16H2,1-4H3. The summed E-state index contributed by atoms with van der Waals surface area (Å²) in [6.45, 7) is 11.0. The maximum atomic E-state index is 6.24. The second-order valence-corrected chi connectivity index (χ2v) is 5.03. The summed E-state index contributed by atoms with van der Waals surface area (Å²) in [5.74, 6) is 0. The summed E-state index contributed by atoms with van der Waals surface area (Å²) >= 11 is 0. The number of hydrogen-bond acceptors (Lipinski definition) is 2. The van der Waals surface area contributed by atoms with E-state index in [0.717, 1.165) is 19.5 Å². The first kappa shape index (κ1) is 14.2. The highest BCUT2D eigenvalue weighted by molar-refractivity contribution is 5.24. The molecule has 17 heavy (non-hydrogen) atoms. The summed E-state index contributed by atoms with van der Waals surface area (Å²) in [5, 5.41) is 0. The van der Waals surface area contributed by atoms with Crippen molar-refractivity contribution in [2.24, 2.45) is 5.73 Å². The van der Waals surface area contributed by atoms with Crippen molar-refractivity contribution < 1.29 is 0 Å². The molecule has 1 rings (SSSR count). The molecule has 1 aromatic rings. The van der Waals surface area contributed by atoms with Crippen molar-refractivity contribution in [1.82, 2.24) is 4.90 Å². The summed E-state index contributed by atoms with van der Waals surface area (Å²) in [4.78, 5) is 2.45. The number of rotatable bonds is 6. The first-order valence-electron chi connectivity index (χ1n) is 6.60. The van der Waals surface area contributed by atoms with Crippen molar-refractivity contribution in [3.8, 4) is 0 Å². The zero-order valence-electron chi connectivity index (χ0n) is 11.6. The Morgan fingerprint density at radius 2 is 2.00 bits per heavy atom. The predicted molar refractivity (Wildman–Crippen MR) is 75.1 cm³/mol. The van der Waals surface area contributed by atoms with Gasteiger partial charge in [-0.15, -0.1) is 0 Å². The van der Waals surface area contributed by atoms with E-state index < -0.39 is 0 Å². The van der Waals surface area contributed by atoms with E-state index in [1.807, 2.05) is 0 Å². The average Bonchev–Trinajstić information content (AvgIpc) is 2.29. The van der Waals surface area contributed by atoms with Gasteiger partial charge in [0.2, 0.25) is 0 Å². The fourth-order valence-electron chi connectivity index (χ4n) is 2.15. The van der Waals surface area contributed by atoms with Crippen LogP contribution in [-0.4, -0.2) is 24.0 Å². The average molecular weight is 234 g/mol. The largest absolute Gasteiger partial charge is 0.324 e. The highest BCUT2D eigenvalue weighted by atomic mass is 15.1. The fourth-order valence-corrected chi connectivity index (χ4v) is 2.15. The molecule has 0 amide bonds. The lowest BCUT2D eigenvalue weighted by atomic mass is 10.0. The van der Waals surface area contributed by atoms with Crippen molar-refractivity contribution in [2.45, 2.75) is 46.2 Å². The minimum absolute atomic E-state index is 0.155. The molecule has 0 aliphatic heterocycles. The lowest BCUT2D eigenvalue weighted by Crippen LogP contribution is -2.33. The number of hydrogen-bond donors (Lipinski definition) is 1. The van der Waals surface area contributed by atoms with Crippen LogP contribution < -0.4 is 5.73 Å². The molecule has 0 heterocycles. The number of aryl methyl sites for hydroxylation is 1. The van der Waals surface area contributed by atoms with E-state index in [1.165, 1.54) is 11.1 Å². The summed E-state index contributed by atoms with van der Waals surface area (Å²) < 4.78 is 0. The van der Waals surface area contributed by atoms with Gasteiger partial charge in [0.15, 0.2) is 0 Å². The normalized spacial score (nSPS) is 13.4. The molecule has 1 aromatic carbocycles. The quantitative estimate of drug-likeness (QED) is 0.819. The Morgan fingerprint density at radius 1 is 1.29 bits per heavy atom. The van der Waals surface area contributed by atoms with Crippen molar-refractivity contribution in [3.63, 3.8) is 0 Å². The zero-order chi connectivity index (χ0) is 12.8. The molecule has 0 aliphatic carbocycles. The van der Waals surface area contributed by atoms with E-state index >= 15 is 0 Å². The van der Waals surface area contributed by atoms with Gasteiger partial charge < -0.3 is 10.6 Å². The van der Waals surface area contributed by atoms with Crippen LogP contribution in [0.5, 0.6) is 0 Å². The van der Waals surface area contributed by atoms with Crippen molar-refractivity contribution >= 4 is 0 Å². The van der Waals surface area contributed by atoms with E-state index in [-0.39, 0.29) is 6.04 Å². The summed E-state index contributed by atoms with van der Waals surface area (Å²) in [7, 11) is 0. The maximum absolute atomic E-state index is 6.24. The van der Waals surface area contributed by atoms with Gasteiger partial charge in [0.25, 0.3) is 0 Å². The van der Waals surface area contributed by atoms with Crippen molar-refractivity contribution in [2.75, 3.05) is 13.1 Å². The zero-order valence-corrected chi connectivity index (χ0v) is 11.6. The van der Waals surface area contributed by atoms with Gasteiger partial charge in [0.05, 0.1) is 0 Å². The summed E-state index contributed by atoms with van der Waals surface area (Å²) in [6, 6.07) is 9.28. The Morgan fingerprint density at radius 3 is 2.53 bits per heavy atom. The number of nitrogens with zero attached hydrogens (tertiary/aromatic N) is 1. The van der Waals surface area contributed by atoms with Gasteiger partial charge in [-0.25, -0.2) is 0 Å². The van der Waals surface area contributed by atoms with Crippen molar-refractivity contribution in [3.05, 3.63) is 35.4 Å². The van der Waals surface area contributed by atoms with Crippen LogP contribution in [0.2, 0.25) is 0 Å². The smallest absolute Gasteiger partial charge is 0.0307 e. The molecule has 0 saturated carbocycles. The molecule has 2 N–H and O–H groups in total. The third kappa shape index (κ3) is 4.49. The third-order valence-electron chi connectivity index (χ3n) is 3.33. The fraction of sp³-hybridized carbons (Fsp3) is 0.600. The lowest BCUT2D eigenvalue weighted by Gasteiger charge is -2.26. The Balaban J connectivity index is 2.52. The van der Waals surface area contributed by atoms with Crippen LogP contribution in [0.4, 0.5) is 0 Å². The van der Waals surface area contributed by atoms with E-state index in [9.17, 15) is 0 Å². The minimum Gasteiger partial charge on any atom is -0.324 e. The molecule has 0 aromatic heterocycles. The number of benzene rings is 1. The van der Waals surface area contributed by atoms with Crippen LogP contribution in [-0.2, 0) is 0 Å². The van der Waals surface area contributed by atoms with Crippen LogP contribution in [0.3, 0.4) is 0 Å². The second kappa shape index (κ2) is 6.77. The van der Waals surface area contributed by atoms with Gasteiger partial charge in [-0.05, 0) is 39.3 Å². The summed E-state index contributed by atoms with van der Waals surface area (Å²) in [6.07, 6.45) is 1.02. The van der Waals surface area contributed by atoms with Crippen LogP contribution >= 0.6 is 0 Å². The molecular formula is C15H26N2. The molecule has 0 fully saturated rings. The van der Waals surface area contributed by atoms with Crippen LogP contribution in [0, 0.1) is 6.92 Å². The Hall–Kier alpha value is -0.860. The molecule has 1 unspecified atom stereocenters. The van der Waals surface area contributed by atoms with Crippen LogP contribution in [0.25, 0.3) is 0 Å². The Bertz CT molecular complexity index is 333.